The van der Waals surface area contributed by atoms with E-state index in [4.69, 9.17) is 19.2 Å². The quantitative estimate of drug-likeness (QED) is 0.571. The van der Waals surface area contributed by atoms with Gasteiger partial charge in [-0.3, -0.25) is 0 Å². The number of aromatic nitrogens is 1. The molecule has 1 aromatic heterocycles. The van der Waals surface area contributed by atoms with Crippen molar-refractivity contribution in [1.29, 1.82) is 0 Å². The molecule has 32 heavy (non-hydrogen) atoms. The molecule has 0 unspecified atom stereocenters. The van der Waals surface area contributed by atoms with E-state index in [-0.39, 0.29) is 13.7 Å². The van der Waals surface area contributed by atoms with Crippen molar-refractivity contribution < 1.29 is 14.2 Å². The van der Waals surface area contributed by atoms with Crippen LogP contribution in [0.1, 0.15) is 14.4 Å². The molecule has 2 aliphatic rings. The second-order valence-electron chi connectivity index (χ2n) is 7.98. The van der Waals surface area contributed by atoms with Crippen LogP contribution in [0.15, 0.2) is 54.6 Å². The summed E-state index contributed by atoms with van der Waals surface area (Å²) in [7, 11) is 0. The molecule has 0 radical (unpaired) electrons. The first kappa shape index (κ1) is 22.5. The smallest absolute Gasteiger partial charge is 0.191 e. The van der Waals surface area contributed by atoms with Crippen LogP contribution in [0.4, 0.5) is 5.82 Å². The summed E-state index contributed by atoms with van der Waals surface area (Å²) in [6.45, 7) is 9.18. The summed E-state index contributed by atoms with van der Waals surface area (Å²) >= 11 is 0. The molecule has 3 aromatic rings. The zero-order chi connectivity index (χ0) is 21.0. The molecule has 6 nitrogen and oxygen atoms in total. The van der Waals surface area contributed by atoms with Gasteiger partial charge in [-0.1, -0.05) is 38.6 Å². The molecule has 5 rings (SSSR count). The Labute approximate surface area is 190 Å². The Bertz CT molecular complexity index is 1010. The molecule has 0 amide bonds. The zero-order valence-corrected chi connectivity index (χ0v) is 18.0. The summed E-state index contributed by atoms with van der Waals surface area (Å²) in [4.78, 5) is 10.0. The number of likely N-dealkylation sites (N-methyl/N-ethyl adjacent to an activating group) is 1. The second kappa shape index (κ2) is 10.3. The van der Waals surface area contributed by atoms with Gasteiger partial charge in [-0.05, 0) is 42.3 Å². The highest BCUT2D eigenvalue weighted by atomic mass is 16.7. The topological polar surface area (TPSA) is 47.1 Å². The summed E-state index contributed by atoms with van der Waals surface area (Å²) in [6.07, 6.45) is -0.266. The van der Waals surface area contributed by atoms with E-state index in [9.17, 15) is 0 Å². The minimum Gasteiger partial charge on any atom is -0.488 e. The van der Waals surface area contributed by atoms with Crippen LogP contribution in [0.3, 0.4) is 0 Å². The van der Waals surface area contributed by atoms with Gasteiger partial charge in [0.15, 0.2) is 6.29 Å². The molecule has 0 bridgehead atoms. The Balaban J connectivity index is 0.00000245. The maximum atomic E-state index is 5.81. The minimum atomic E-state index is -0.266. The summed E-state index contributed by atoms with van der Waals surface area (Å²) < 4.78 is 16.7. The van der Waals surface area contributed by atoms with Crippen molar-refractivity contribution in [3.8, 4) is 17.0 Å². The number of hydrogen-bond acceptors (Lipinski definition) is 6. The van der Waals surface area contributed by atoms with Gasteiger partial charge in [-0.2, -0.15) is 0 Å². The van der Waals surface area contributed by atoms with E-state index in [1.165, 1.54) is 10.8 Å². The van der Waals surface area contributed by atoms with Crippen LogP contribution in [0, 0.1) is 0 Å². The third-order valence-corrected chi connectivity index (χ3v) is 6.07. The average Bonchev–Trinajstić information content (AvgIpc) is 3.36. The Morgan fingerprint density at radius 3 is 2.41 bits per heavy atom. The predicted octanol–water partition coefficient (Wildman–Crippen LogP) is 4.43. The van der Waals surface area contributed by atoms with Gasteiger partial charge in [0, 0.05) is 37.1 Å². The monoisotopic (exact) mass is 435 g/mol. The predicted molar refractivity (Wildman–Crippen MR) is 129 cm³/mol. The van der Waals surface area contributed by atoms with E-state index in [0.29, 0.717) is 19.8 Å². The van der Waals surface area contributed by atoms with Gasteiger partial charge in [0.25, 0.3) is 0 Å². The van der Waals surface area contributed by atoms with Crippen molar-refractivity contribution in [1.82, 2.24) is 9.88 Å². The molecule has 2 aliphatic heterocycles. The van der Waals surface area contributed by atoms with E-state index in [1.807, 2.05) is 12.1 Å². The normalized spacial score (nSPS) is 17.5. The molecule has 0 N–H and O–H groups in total. The standard InChI is InChI=1S/C25H29N3O3.CH4/c1-2-27-11-13-28(14-12-27)25-22-6-4-3-5-20(22)17-23(26-25)19-7-9-21(10-8-19)31-18-24-29-15-16-30-24;/h3-10,17,24H,2,11-16,18H2,1H3;1H4. The van der Waals surface area contributed by atoms with Gasteiger partial charge < -0.3 is 24.0 Å². The fourth-order valence-corrected chi connectivity index (χ4v) is 4.23. The largest absolute Gasteiger partial charge is 0.488 e. The average molecular weight is 436 g/mol. The molecular weight excluding hydrogens is 402 g/mol. The first-order valence-corrected chi connectivity index (χ1v) is 11.1. The zero-order valence-electron chi connectivity index (χ0n) is 18.0. The van der Waals surface area contributed by atoms with Crippen LogP contribution in [-0.4, -0.2) is 68.7 Å². The van der Waals surface area contributed by atoms with Gasteiger partial charge in [0.2, 0.25) is 0 Å². The molecule has 0 aliphatic carbocycles. The van der Waals surface area contributed by atoms with Crippen LogP contribution >= 0.6 is 0 Å². The Morgan fingerprint density at radius 2 is 1.69 bits per heavy atom. The van der Waals surface area contributed by atoms with Gasteiger partial charge in [0.05, 0.1) is 18.9 Å². The van der Waals surface area contributed by atoms with E-state index in [1.54, 1.807) is 0 Å². The molecule has 2 saturated heterocycles. The van der Waals surface area contributed by atoms with E-state index in [0.717, 1.165) is 55.5 Å². The molecule has 0 saturated carbocycles. The highest BCUT2D eigenvalue weighted by Crippen LogP contribution is 2.31. The number of anilines is 1. The minimum absolute atomic E-state index is 0. The van der Waals surface area contributed by atoms with E-state index < -0.39 is 0 Å². The van der Waals surface area contributed by atoms with E-state index >= 15 is 0 Å². The number of rotatable bonds is 6. The number of fused-ring (bicyclic) bond motifs is 1. The Hall–Kier alpha value is -2.67. The van der Waals surface area contributed by atoms with Crippen LogP contribution in [0.5, 0.6) is 5.75 Å². The van der Waals surface area contributed by atoms with Crippen molar-refractivity contribution in [2.24, 2.45) is 0 Å². The van der Waals surface area contributed by atoms with Crippen LogP contribution < -0.4 is 9.64 Å². The molecule has 3 heterocycles. The van der Waals surface area contributed by atoms with E-state index in [2.05, 4.69) is 59.2 Å². The van der Waals surface area contributed by atoms with Gasteiger partial charge >= 0.3 is 0 Å². The fraction of sp³-hybridized carbons (Fsp3) is 0.423. The molecule has 2 aromatic carbocycles. The van der Waals surface area contributed by atoms with Crippen LogP contribution in [0.25, 0.3) is 22.0 Å². The molecule has 0 spiro atoms. The number of ether oxygens (including phenoxy) is 3. The number of benzene rings is 2. The van der Waals surface area contributed by atoms with Gasteiger partial charge in [-0.15, -0.1) is 0 Å². The van der Waals surface area contributed by atoms with Crippen LogP contribution in [-0.2, 0) is 9.47 Å². The number of nitrogens with zero attached hydrogens (tertiary/aromatic N) is 3. The van der Waals surface area contributed by atoms with Crippen molar-refractivity contribution in [2.75, 3.05) is 57.4 Å². The van der Waals surface area contributed by atoms with Crippen LogP contribution in [0.2, 0.25) is 0 Å². The summed E-state index contributed by atoms with van der Waals surface area (Å²) in [5.41, 5.74) is 2.07. The fourth-order valence-electron chi connectivity index (χ4n) is 4.23. The molecular formula is C26H33N3O3. The number of piperazine rings is 1. The highest BCUT2D eigenvalue weighted by Gasteiger charge is 2.20. The molecule has 6 heteroatoms. The molecule has 0 atom stereocenters. The summed E-state index contributed by atoms with van der Waals surface area (Å²) in [5.74, 6) is 1.89. The third kappa shape index (κ3) is 4.88. The van der Waals surface area contributed by atoms with Crippen molar-refractivity contribution in [3.63, 3.8) is 0 Å². The summed E-state index contributed by atoms with van der Waals surface area (Å²) in [6, 6.07) is 18.8. The lowest BCUT2D eigenvalue weighted by atomic mass is 10.1. The third-order valence-electron chi connectivity index (χ3n) is 6.07. The lowest BCUT2D eigenvalue weighted by Crippen LogP contribution is -2.46. The van der Waals surface area contributed by atoms with Crippen molar-refractivity contribution >= 4 is 16.6 Å². The van der Waals surface area contributed by atoms with Crippen molar-refractivity contribution in [3.05, 3.63) is 54.6 Å². The SMILES string of the molecule is C.CCN1CCN(c2nc(-c3ccc(OCC4OCCO4)cc3)cc3ccccc23)CC1. The maximum Gasteiger partial charge on any atom is 0.191 e. The maximum absolute atomic E-state index is 5.81. The van der Waals surface area contributed by atoms with Gasteiger partial charge in [-0.25, -0.2) is 4.98 Å². The Morgan fingerprint density at radius 1 is 0.969 bits per heavy atom. The Kier molecular flexibility index (Phi) is 7.25. The molecule has 2 fully saturated rings. The first-order chi connectivity index (χ1) is 15.3. The molecule has 170 valence electrons. The number of hydrogen-bond donors (Lipinski definition) is 0. The lowest BCUT2D eigenvalue weighted by molar-refractivity contribution is -0.0684. The summed E-state index contributed by atoms with van der Waals surface area (Å²) in [5, 5.41) is 2.43. The highest BCUT2D eigenvalue weighted by molar-refractivity contribution is 5.95. The first-order valence-electron chi connectivity index (χ1n) is 11.1. The second-order valence-corrected chi connectivity index (χ2v) is 7.98. The lowest BCUT2D eigenvalue weighted by Gasteiger charge is -2.35. The van der Waals surface area contributed by atoms with Gasteiger partial charge in [0.1, 0.15) is 18.2 Å². The number of pyridine rings is 1. The van der Waals surface area contributed by atoms with Crippen molar-refractivity contribution in [2.45, 2.75) is 20.6 Å².